The van der Waals surface area contributed by atoms with Crippen LogP contribution in [0.5, 0.6) is 0 Å². The van der Waals surface area contributed by atoms with Crippen molar-refractivity contribution in [3.63, 3.8) is 0 Å². The molecule has 3 saturated heterocycles. The number of hydrogen-bond donors (Lipinski definition) is 0. The van der Waals surface area contributed by atoms with E-state index in [-0.39, 0.29) is 51.8 Å². The van der Waals surface area contributed by atoms with Gasteiger partial charge in [0.2, 0.25) is 0 Å². The highest BCUT2D eigenvalue weighted by atomic mass is 16.8. The van der Waals surface area contributed by atoms with Gasteiger partial charge in [-0.05, 0) is 39.9 Å². The molecular weight excluding hydrogens is 909 g/mol. The summed E-state index contributed by atoms with van der Waals surface area (Å²) in [4.78, 5) is 41.9. The van der Waals surface area contributed by atoms with E-state index in [1.54, 1.807) is 30.3 Å². The normalized spacial score (nSPS) is 25.6. The van der Waals surface area contributed by atoms with Crippen molar-refractivity contribution in [2.24, 2.45) is 0 Å². The zero-order valence-corrected chi connectivity index (χ0v) is 39.0. The standard InChI is InChI=1S/C57H56O14/c58-47-31-48(59)69-52-50(45(37-61-32-39-19-7-1-8-20-39)67-56(66-36-43-27-15-5-16-28-43)54(52)70-55(60)44-29-17-6-18-30-44)71-57-53(65-35-42-25-13-4-14-26-42)51(64-34-41-23-11-3-12-24-41)49(46(68-57)38-62-47)63-33-40-21-9-2-10-22-40/h1-30,45-46,49-54,56-57H,31-38H2/t45-,46-,49-,50-,51+,52+,53+,54-,56+,57+/m1/s1. The van der Waals surface area contributed by atoms with Crippen molar-refractivity contribution in [2.75, 3.05) is 13.2 Å². The van der Waals surface area contributed by atoms with Crippen LogP contribution in [0.25, 0.3) is 0 Å². The molecule has 14 nitrogen and oxygen atoms in total. The average Bonchev–Trinajstić information content (AvgIpc) is 3.41. The molecule has 368 valence electrons. The molecule has 0 amide bonds. The molecule has 14 heteroatoms. The van der Waals surface area contributed by atoms with Crippen LogP contribution >= 0.6 is 0 Å². The third kappa shape index (κ3) is 13.6. The molecule has 3 aliphatic rings. The van der Waals surface area contributed by atoms with E-state index in [0.717, 1.165) is 27.8 Å². The number of ether oxygens (including phenoxy) is 11. The summed E-state index contributed by atoms with van der Waals surface area (Å²) in [5.74, 6) is -2.60. The highest BCUT2D eigenvalue weighted by molar-refractivity contribution is 5.91. The second kappa shape index (κ2) is 25.0. The Labute approximate surface area is 412 Å². The Bertz CT molecular complexity index is 2560. The summed E-state index contributed by atoms with van der Waals surface area (Å²) < 4.78 is 72.5. The molecule has 0 aliphatic carbocycles. The van der Waals surface area contributed by atoms with Crippen molar-refractivity contribution >= 4 is 17.9 Å². The van der Waals surface area contributed by atoms with Crippen molar-refractivity contribution in [3.05, 3.63) is 215 Å². The van der Waals surface area contributed by atoms with Crippen molar-refractivity contribution in [1.29, 1.82) is 0 Å². The van der Waals surface area contributed by atoms with Gasteiger partial charge in [0.25, 0.3) is 0 Å². The third-order valence-electron chi connectivity index (χ3n) is 12.2. The zero-order chi connectivity index (χ0) is 48.6. The lowest BCUT2D eigenvalue weighted by molar-refractivity contribution is -0.371. The van der Waals surface area contributed by atoms with Gasteiger partial charge >= 0.3 is 17.9 Å². The van der Waals surface area contributed by atoms with E-state index in [0.29, 0.717) is 0 Å². The van der Waals surface area contributed by atoms with Gasteiger partial charge in [0.1, 0.15) is 49.7 Å². The maximum Gasteiger partial charge on any atom is 0.338 e. The van der Waals surface area contributed by atoms with Gasteiger partial charge in [-0.2, -0.15) is 0 Å². The maximum absolute atomic E-state index is 14.1. The van der Waals surface area contributed by atoms with Crippen LogP contribution in [-0.4, -0.2) is 92.5 Å². The number of cyclic esters (lactones) is 1. The van der Waals surface area contributed by atoms with Gasteiger partial charge < -0.3 is 52.1 Å². The Morgan fingerprint density at radius 1 is 0.465 bits per heavy atom. The van der Waals surface area contributed by atoms with Gasteiger partial charge in [-0.1, -0.05) is 170 Å². The largest absolute Gasteiger partial charge is 0.462 e. The monoisotopic (exact) mass is 964 g/mol. The zero-order valence-electron chi connectivity index (χ0n) is 39.0. The van der Waals surface area contributed by atoms with E-state index in [4.69, 9.17) is 52.1 Å². The van der Waals surface area contributed by atoms with E-state index in [1.807, 2.05) is 152 Å². The molecular formula is C57H56O14. The Morgan fingerprint density at radius 3 is 1.46 bits per heavy atom. The van der Waals surface area contributed by atoms with Crippen molar-refractivity contribution < 1.29 is 66.5 Å². The first-order chi connectivity index (χ1) is 34.9. The SMILES string of the molecule is O=C1CC(=O)O[C@@H]2[C@@H](OC(=O)c3ccccc3)[C@@H](OCc3ccccc3)O[C@H](COCc3ccccc3)[C@H]2O[C@@H]2O[C@H](CO1)[C@@H](OCc1ccccc1)[C@H](OCc1ccccc1)[C@@H]2OCc1ccccc1. The third-order valence-corrected chi connectivity index (χ3v) is 12.2. The molecule has 3 heterocycles. The van der Waals surface area contributed by atoms with Gasteiger partial charge in [-0.3, -0.25) is 9.59 Å². The minimum atomic E-state index is -1.49. The summed E-state index contributed by atoms with van der Waals surface area (Å²) in [7, 11) is 0. The number of hydrogen-bond acceptors (Lipinski definition) is 14. The number of carbonyl (C=O) groups is 3. The molecule has 3 fully saturated rings. The summed E-state index contributed by atoms with van der Waals surface area (Å²) in [6.07, 6.45) is -12.8. The lowest BCUT2D eigenvalue weighted by Gasteiger charge is -2.50. The van der Waals surface area contributed by atoms with Crippen LogP contribution in [-0.2, 0) is 94.7 Å². The Morgan fingerprint density at radius 2 is 0.930 bits per heavy atom. The Hall–Kier alpha value is -6.59. The molecule has 3 aliphatic heterocycles. The fourth-order valence-corrected chi connectivity index (χ4v) is 8.64. The molecule has 6 aromatic rings. The second-order valence-electron chi connectivity index (χ2n) is 17.3. The summed E-state index contributed by atoms with van der Waals surface area (Å²) in [5, 5.41) is 0. The second-order valence-corrected chi connectivity index (χ2v) is 17.3. The Balaban J connectivity index is 1.13. The predicted molar refractivity (Wildman–Crippen MR) is 256 cm³/mol. The summed E-state index contributed by atoms with van der Waals surface area (Å²) in [5.41, 5.74) is 4.52. The van der Waals surface area contributed by atoms with Crippen LogP contribution in [0.2, 0.25) is 0 Å². The van der Waals surface area contributed by atoms with Gasteiger partial charge in [-0.15, -0.1) is 0 Å². The van der Waals surface area contributed by atoms with Gasteiger partial charge in [0.15, 0.2) is 24.8 Å². The first kappa shape index (κ1) is 49.4. The molecule has 10 atom stereocenters. The summed E-state index contributed by atoms with van der Waals surface area (Å²) in [6.45, 7) is 0.126. The van der Waals surface area contributed by atoms with Crippen LogP contribution < -0.4 is 0 Å². The topological polar surface area (TPSA) is 153 Å². The summed E-state index contributed by atoms with van der Waals surface area (Å²) >= 11 is 0. The predicted octanol–water partition coefficient (Wildman–Crippen LogP) is 8.10. The number of rotatable bonds is 18. The fourth-order valence-electron chi connectivity index (χ4n) is 8.64. The number of fused-ring (bicyclic) bond motifs is 3. The molecule has 0 aromatic heterocycles. The first-order valence-electron chi connectivity index (χ1n) is 23.7. The van der Waals surface area contributed by atoms with Crippen LogP contribution in [0.4, 0.5) is 0 Å². The molecule has 0 radical (unpaired) electrons. The summed E-state index contributed by atoms with van der Waals surface area (Å²) in [6, 6.07) is 56.2. The first-order valence-corrected chi connectivity index (χ1v) is 23.7. The number of carbonyl (C=O) groups excluding carboxylic acids is 3. The highest BCUT2D eigenvalue weighted by Crippen LogP contribution is 2.37. The van der Waals surface area contributed by atoms with Crippen LogP contribution in [0.1, 0.15) is 44.6 Å². The lowest BCUT2D eigenvalue weighted by Crippen LogP contribution is -2.67. The molecule has 6 aromatic carbocycles. The molecule has 0 N–H and O–H groups in total. The van der Waals surface area contributed by atoms with E-state index < -0.39 is 85.7 Å². The van der Waals surface area contributed by atoms with E-state index in [9.17, 15) is 14.4 Å². The highest BCUT2D eigenvalue weighted by Gasteiger charge is 2.56. The maximum atomic E-state index is 14.1. The van der Waals surface area contributed by atoms with E-state index in [2.05, 4.69) is 0 Å². The number of esters is 3. The van der Waals surface area contributed by atoms with Gasteiger partial charge in [0, 0.05) is 0 Å². The van der Waals surface area contributed by atoms with E-state index in [1.165, 1.54) is 0 Å². The van der Waals surface area contributed by atoms with Crippen molar-refractivity contribution in [1.82, 2.24) is 0 Å². The quantitative estimate of drug-likeness (QED) is 0.0463. The Kier molecular flexibility index (Phi) is 17.4. The lowest BCUT2D eigenvalue weighted by atomic mass is 9.95. The molecule has 9 rings (SSSR count). The molecule has 0 spiro atoms. The number of benzene rings is 6. The average molecular weight is 965 g/mol. The molecule has 0 unspecified atom stereocenters. The van der Waals surface area contributed by atoms with E-state index >= 15 is 0 Å². The molecule has 0 saturated carbocycles. The molecule has 2 bridgehead atoms. The van der Waals surface area contributed by atoms with Crippen LogP contribution in [0, 0.1) is 0 Å². The smallest absolute Gasteiger partial charge is 0.338 e. The minimum absolute atomic E-state index is 0.0224. The fraction of sp³-hybridized carbons (Fsp3) is 0.316. The molecule has 71 heavy (non-hydrogen) atoms. The van der Waals surface area contributed by atoms with Gasteiger partial charge in [0.05, 0.1) is 45.2 Å². The van der Waals surface area contributed by atoms with Gasteiger partial charge in [-0.25, -0.2) is 4.79 Å². The van der Waals surface area contributed by atoms with Crippen molar-refractivity contribution in [2.45, 2.75) is 101 Å². The van der Waals surface area contributed by atoms with Crippen LogP contribution in [0.3, 0.4) is 0 Å². The van der Waals surface area contributed by atoms with Crippen LogP contribution in [0.15, 0.2) is 182 Å². The van der Waals surface area contributed by atoms with Crippen molar-refractivity contribution in [3.8, 4) is 0 Å². The minimum Gasteiger partial charge on any atom is -0.462 e.